The average molecular weight is 167 g/mol. The fourth-order valence-electron chi connectivity index (χ4n) is 0.959. The third-order valence-electron chi connectivity index (χ3n) is 1.74. The minimum Gasteiger partial charge on any atom is -0.398 e. The molecule has 0 aliphatic heterocycles. The molecule has 2 nitrogen and oxygen atoms in total. The number of aryl methyl sites for hydroxylation is 1. The third kappa shape index (κ3) is 1.44. The van der Waals surface area contributed by atoms with E-state index >= 15 is 0 Å². The predicted molar refractivity (Wildman–Crippen MR) is 45.6 cm³/mol. The molecule has 1 aromatic rings. The second-order valence-corrected chi connectivity index (χ2v) is 2.74. The molecule has 0 saturated carbocycles. The van der Waals surface area contributed by atoms with Crippen LogP contribution in [0.5, 0.6) is 0 Å². The Hall–Kier alpha value is -1.38. The van der Waals surface area contributed by atoms with Crippen molar-refractivity contribution < 1.29 is 9.18 Å². The van der Waals surface area contributed by atoms with E-state index in [9.17, 15) is 9.18 Å². The summed E-state index contributed by atoms with van der Waals surface area (Å²) in [4.78, 5) is 10.8. The van der Waals surface area contributed by atoms with Gasteiger partial charge in [0.15, 0.2) is 5.78 Å². The monoisotopic (exact) mass is 167 g/mol. The molecule has 0 unspecified atom stereocenters. The van der Waals surface area contributed by atoms with E-state index in [1.54, 1.807) is 6.92 Å². The summed E-state index contributed by atoms with van der Waals surface area (Å²) in [5.41, 5.74) is 6.66. The van der Waals surface area contributed by atoms with Gasteiger partial charge in [-0.25, -0.2) is 4.39 Å². The summed E-state index contributed by atoms with van der Waals surface area (Å²) in [6, 6.07) is 2.64. The molecule has 64 valence electrons. The maximum absolute atomic E-state index is 13.0. The van der Waals surface area contributed by atoms with Gasteiger partial charge in [0, 0.05) is 5.69 Å². The van der Waals surface area contributed by atoms with Crippen molar-refractivity contribution in [3.05, 3.63) is 29.1 Å². The number of Topliss-reactive ketones (excluding diaryl/α,β-unsaturated/α-hetero) is 1. The molecular formula is C9H10FNO. The zero-order chi connectivity index (χ0) is 9.30. The molecule has 0 radical (unpaired) electrons. The van der Waals surface area contributed by atoms with Gasteiger partial charge in [-0.05, 0) is 31.5 Å². The molecule has 0 saturated heterocycles. The van der Waals surface area contributed by atoms with Crippen molar-refractivity contribution in [1.82, 2.24) is 0 Å². The van der Waals surface area contributed by atoms with Gasteiger partial charge in [0.05, 0.1) is 5.56 Å². The molecule has 0 spiro atoms. The second kappa shape index (κ2) is 2.93. The lowest BCUT2D eigenvalue weighted by atomic mass is 10.1. The Morgan fingerprint density at radius 3 is 2.58 bits per heavy atom. The van der Waals surface area contributed by atoms with Crippen molar-refractivity contribution >= 4 is 11.5 Å². The van der Waals surface area contributed by atoms with Gasteiger partial charge in [-0.15, -0.1) is 0 Å². The van der Waals surface area contributed by atoms with Crippen LogP contribution in [0.25, 0.3) is 0 Å². The number of benzene rings is 1. The molecule has 1 aromatic carbocycles. The van der Waals surface area contributed by atoms with Gasteiger partial charge in [0.2, 0.25) is 0 Å². The van der Waals surface area contributed by atoms with Crippen LogP contribution in [0.2, 0.25) is 0 Å². The van der Waals surface area contributed by atoms with Crippen molar-refractivity contribution in [2.75, 3.05) is 5.73 Å². The molecule has 0 aromatic heterocycles. The van der Waals surface area contributed by atoms with Crippen LogP contribution in [0.4, 0.5) is 10.1 Å². The van der Waals surface area contributed by atoms with Crippen LogP contribution in [0.15, 0.2) is 12.1 Å². The van der Waals surface area contributed by atoms with Crippen molar-refractivity contribution in [2.45, 2.75) is 13.8 Å². The topological polar surface area (TPSA) is 43.1 Å². The van der Waals surface area contributed by atoms with E-state index in [4.69, 9.17) is 5.73 Å². The maximum Gasteiger partial charge on any atom is 0.162 e. The number of carbonyl (C=O) groups is 1. The number of anilines is 1. The van der Waals surface area contributed by atoms with Crippen LogP contribution in [-0.4, -0.2) is 5.78 Å². The van der Waals surface area contributed by atoms with Crippen LogP contribution in [0.3, 0.4) is 0 Å². The summed E-state index contributed by atoms with van der Waals surface area (Å²) in [5.74, 6) is -0.812. The molecule has 0 aliphatic carbocycles. The molecule has 1 rings (SSSR count). The molecule has 12 heavy (non-hydrogen) atoms. The lowest BCUT2D eigenvalue weighted by Crippen LogP contribution is -2.00. The number of hydrogen-bond acceptors (Lipinski definition) is 2. The number of nitrogen functional groups attached to an aromatic ring is 1. The first-order chi connectivity index (χ1) is 5.52. The highest BCUT2D eigenvalue weighted by molar-refractivity contribution is 5.95. The molecule has 0 atom stereocenters. The van der Waals surface area contributed by atoms with E-state index in [1.807, 2.05) is 0 Å². The Labute approximate surface area is 70.2 Å². The normalized spacial score (nSPS) is 9.92. The van der Waals surface area contributed by atoms with E-state index in [1.165, 1.54) is 19.1 Å². The molecule has 3 heteroatoms. The Kier molecular flexibility index (Phi) is 2.13. The molecule has 0 bridgehead atoms. The largest absolute Gasteiger partial charge is 0.398 e. The molecular weight excluding hydrogens is 157 g/mol. The number of ketones is 1. The average Bonchev–Trinajstić information content (AvgIpc) is 1.96. The summed E-state index contributed by atoms with van der Waals surface area (Å²) in [6.45, 7) is 3.01. The van der Waals surface area contributed by atoms with Gasteiger partial charge in [-0.2, -0.15) is 0 Å². The Morgan fingerprint density at radius 1 is 1.50 bits per heavy atom. The van der Waals surface area contributed by atoms with Gasteiger partial charge in [0.25, 0.3) is 0 Å². The number of nitrogens with two attached hydrogens (primary N) is 1. The fraction of sp³-hybridized carbons (Fsp3) is 0.222. The van der Waals surface area contributed by atoms with Crippen LogP contribution >= 0.6 is 0 Å². The SMILES string of the molecule is CC(=O)c1cc(N)c(C)cc1F. The smallest absolute Gasteiger partial charge is 0.162 e. The minimum atomic E-state index is -0.505. The van der Waals surface area contributed by atoms with Crippen molar-refractivity contribution in [3.8, 4) is 0 Å². The van der Waals surface area contributed by atoms with Crippen LogP contribution in [-0.2, 0) is 0 Å². The zero-order valence-electron chi connectivity index (χ0n) is 7.02. The van der Waals surface area contributed by atoms with E-state index < -0.39 is 5.82 Å². The number of carbonyl (C=O) groups excluding carboxylic acids is 1. The van der Waals surface area contributed by atoms with E-state index in [2.05, 4.69) is 0 Å². The van der Waals surface area contributed by atoms with Gasteiger partial charge in [-0.3, -0.25) is 4.79 Å². The number of rotatable bonds is 1. The van der Waals surface area contributed by atoms with Gasteiger partial charge in [-0.1, -0.05) is 0 Å². The first-order valence-electron chi connectivity index (χ1n) is 3.59. The fourth-order valence-corrected chi connectivity index (χ4v) is 0.959. The highest BCUT2D eigenvalue weighted by atomic mass is 19.1. The van der Waals surface area contributed by atoms with Crippen molar-refractivity contribution in [3.63, 3.8) is 0 Å². The van der Waals surface area contributed by atoms with Gasteiger partial charge < -0.3 is 5.73 Å². The first-order valence-corrected chi connectivity index (χ1v) is 3.59. The Bertz CT molecular complexity index is 334. The minimum absolute atomic E-state index is 0.0538. The highest BCUT2D eigenvalue weighted by Crippen LogP contribution is 2.17. The first kappa shape index (κ1) is 8.71. The number of halogens is 1. The molecule has 0 heterocycles. The summed E-state index contributed by atoms with van der Waals surface area (Å²) >= 11 is 0. The molecule has 0 amide bonds. The summed E-state index contributed by atoms with van der Waals surface area (Å²) in [5, 5.41) is 0. The van der Waals surface area contributed by atoms with Crippen LogP contribution < -0.4 is 5.73 Å². The van der Waals surface area contributed by atoms with Crippen molar-refractivity contribution in [1.29, 1.82) is 0 Å². The Balaban J connectivity index is 3.33. The van der Waals surface area contributed by atoms with E-state index in [-0.39, 0.29) is 11.3 Å². The molecule has 2 N–H and O–H groups in total. The summed E-state index contributed by atoms with van der Waals surface area (Å²) in [7, 11) is 0. The molecule has 0 aliphatic rings. The maximum atomic E-state index is 13.0. The van der Waals surface area contributed by atoms with Crippen LogP contribution in [0, 0.1) is 12.7 Å². The second-order valence-electron chi connectivity index (χ2n) is 2.74. The lowest BCUT2D eigenvalue weighted by Gasteiger charge is -2.03. The highest BCUT2D eigenvalue weighted by Gasteiger charge is 2.08. The molecule has 0 fully saturated rings. The quantitative estimate of drug-likeness (QED) is 0.513. The van der Waals surface area contributed by atoms with Crippen molar-refractivity contribution in [2.24, 2.45) is 0 Å². The summed E-state index contributed by atoms with van der Waals surface area (Å²) in [6.07, 6.45) is 0. The predicted octanol–water partition coefficient (Wildman–Crippen LogP) is 1.92. The third-order valence-corrected chi connectivity index (χ3v) is 1.74. The number of hydrogen-bond donors (Lipinski definition) is 1. The van der Waals surface area contributed by atoms with Gasteiger partial charge >= 0.3 is 0 Å². The Morgan fingerprint density at radius 2 is 2.08 bits per heavy atom. The summed E-state index contributed by atoms with van der Waals surface area (Å²) < 4.78 is 13.0. The van der Waals surface area contributed by atoms with Gasteiger partial charge in [0.1, 0.15) is 5.82 Å². The zero-order valence-corrected chi connectivity index (χ0v) is 7.02. The van der Waals surface area contributed by atoms with E-state index in [0.717, 1.165) is 0 Å². The van der Waals surface area contributed by atoms with Crippen LogP contribution in [0.1, 0.15) is 22.8 Å². The standard InChI is InChI=1S/C9H10FNO/c1-5-3-8(10)7(6(2)12)4-9(5)11/h3-4H,11H2,1-2H3. The van der Waals surface area contributed by atoms with E-state index in [0.29, 0.717) is 11.3 Å². The lowest BCUT2D eigenvalue weighted by molar-refractivity contribution is 0.101.